The quantitative estimate of drug-likeness (QED) is 0.127. The molecule has 0 spiro atoms. The summed E-state index contributed by atoms with van der Waals surface area (Å²) in [7, 11) is 0. The molecular formula is C41H46O9. The van der Waals surface area contributed by atoms with Crippen molar-refractivity contribution in [1.82, 2.24) is 0 Å². The highest BCUT2D eigenvalue weighted by atomic mass is 16.8. The van der Waals surface area contributed by atoms with Crippen molar-refractivity contribution in [3.8, 4) is 0 Å². The van der Waals surface area contributed by atoms with Gasteiger partial charge in [-0.05, 0) is 22.3 Å². The first-order valence-corrected chi connectivity index (χ1v) is 17.1. The number of hydrogen-bond acceptors (Lipinski definition) is 9. The largest absolute Gasteiger partial charge is 0.374 e. The summed E-state index contributed by atoms with van der Waals surface area (Å²) in [6.07, 6.45) is -4.50. The van der Waals surface area contributed by atoms with Crippen LogP contribution in [0.5, 0.6) is 0 Å². The Kier molecular flexibility index (Phi) is 13.7. The lowest BCUT2D eigenvalue weighted by Crippen LogP contribution is -2.57. The zero-order valence-electron chi connectivity index (χ0n) is 28.1. The second-order valence-electron chi connectivity index (χ2n) is 12.3. The summed E-state index contributed by atoms with van der Waals surface area (Å²) in [6.45, 7) is 5.72. The van der Waals surface area contributed by atoms with Crippen molar-refractivity contribution >= 4 is 0 Å². The van der Waals surface area contributed by atoms with Crippen LogP contribution in [0.25, 0.3) is 0 Å². The molecule has 8 atom stereocenters. The normalized spacial score (nSPS) is 26.5. The van der Waals surface area contributed by atoms with Gasteiger partial charge in [0, 0.05) is 0 Å². The lowest BCUT2D eigenvalue weighted by Gasteiger charge is -2.41. The van der Waals surface area contributed by atoms with E-state index in [4.69, 9.17) is 37.9 Å². The molecule has 0 saturated carbocycles. The van der Waals surface area contributed by atoms with Crippen LogP contribution in [0.15, 0.2) is 134 Å². The van der Waals surface area contributed by atoms with Gasteiger partial charge in [0.25, 0.3) is 0 Å². The van der Waals surface area contributed by atoms with E-state index in [1.54, 1.807) is 6.08 Å². The summed E-state index contributed by atoms with van der Waals surface area (Å²) in [5, 5.41) is 11.1. The molecule has 0 aromatic heterocycles. The number of rotatable bonds is 18. The van der Waals surface area contributed by atoms with E-state index in [0.717, 1.165) is 22.3 Å². The minimum absolute atomic E-state index is 0.0894. The number of hydrogen-bond donors (Lipinski definition) is 1. The number of aliphatic hydroxyl groups is 1. The van der Waals surface area contributed by atoms with E-state index in [-0.39, 0.29) is 26.4 Å². The minimum Gasteiger partial charge on any atom is -0.374 e. The van der Waals surface area contributed by atoms with Crippen molar-refractivity contribution in [1.29, 1.82) is 0 Å². The lowest BCUT2D eigenvalue weighted by atomic mass is 10.0. The molecule has 1 N–H and O–H groups in total. The van der Waals surface area contributed by atoms with Crippen LogP contribution >= 0.6 is 0 Å². The van der Waals surface area contributed by atoms with Gasteiger partial charge in [-0.1, -0.05) is 127 Å². The van der Waals surface area contributed by atoms with Crippen LogP contribution in [0.1, 0.15) is 22.3 Å². The fraction of sp³-hybridized carbons (Fsp3) is 0.366. The highest BCUT2D eigenvalue weighted by Crippen LogP contribution is 2.33. The third kappa shape index (κ3) is 10.2. The summed E-state index contributed by atoms with van der Waals surface area (Å²) in [5.41, 5.74) is 3.98. The van der Waals surface area contributed by atoms with E-state index in [9.17, 15) is 5.11 Å². The van der Waals surface area contributed by atoms with Crippen molar-refractivity contribution in [3.05, 3.63) is 156 Å². The SMILES string of the molecule is C=CCO[C@@H]1[C@@H](OCc2ccccc2)[C@@H](O[C@@H]2[C@@H](OCc3ccccc3)[C@H](O)OC[C@H]2OCc2ccccc2)O[C@H]1COCc1ccccc1. The average molecular weight is 683 g/mol. The summed E-state index contributed by atoms with van der Waals surface area (Å²) in [5.74, 6) is 0. The van der Waals surface area contributed by atoms with Crippen LogP contribution in [-0.4, -0.2) is 74.1 Å². The van der Waals surface area contributed by atoms with E-state index < -0.39 is 49.2 Å². The highest BCUT2D eigenvalue weighted by Gasteiger charge is 2.51. The molecule has 4 aromatic carbocycles. The van der Waals surface area contributed by atoms with Gasteiger partial charge in [0.05, 0.1) is 46.2 Å². The Morgan fingerprint density at radius 1 is 0.600 bits per heavy atom. The maximum atomic E-state index is 11.1. The van der Waals surface area contributed by atoms with Crippen molar-refractivity contribution in [2.45, 2.75) is 75.6 Å². The molecule has 264 valence electrons. The molecule has 2 heterocycles. The van der Waals surface area contributed by atoms with Crippen molar-refractivity contribution < 1.29 is 43.0 Å². The molecule has 2 fully saturated rings. The average Bonchev–Trinajstić information content (AvgIpc) is 3.49. The zero-order chi connectivity index (χ0) is 34.4. The molecule has 50 heavy (non-hydrogen) atoms. The third-order valence-corrected chi connectivity index (χ3v) is 8.64. The van der Waals surface area contributed by atoms with E-state index >= 15 is 0 Å². The molecule has 9 heteroatoms. The number of aliphatic hydroxyl groups excluding tert-OH is 1. The molecule has 6 rings (SSSR count). The third-order valence-electron chi connectivity index (χ3n) is 8.64. The van der Waals surface area contributed by atoms with Crippen LogP contribution in [0.4, 0.5) is 0 Å². The van der Waals surface area contributed by atoms with E-state index in [0.29, 0.717) is 19.8 Å². The Morgan fingerprint density at radius 2 is 1.10 bits per heavy atom. The Morgan fingerprint density at radius 3 is 1.64 bits per heavy atom. The smallest absolute Gasteiger partial charge is 0.187 e. The van der Waals surface area contributed by atoms with Gasteiger partial charge in [-0.3, -0.25) is 0 Å². The Balaban J connectivity index is 1.25. The lowest BCUT2D eigenvalue weighted by molar-refractivity contribution is -0.317. The molecule has 4 aromatic rings. The van der Waals surface area contributed by atoms with Crippen LogP contribution < -0.4 is 0 Å². The zero-order valence-corrected chi connectivity index (χ0v) is 28.1. The molecule has 0 bridgehead atoms. The first-order valence-electron chi connectivity index (χ1n) is 17.1. The van der Waals surface area contributed by atoms with Gasteiger partial charge in [-0.25, -0.2) is 0 Å². The number of ether oxygens (including phenoxy) is 8. The van der Waals surface area contributed by atoms with E-state index in [1.165, 1.54) is 0 Å². The van der Waals surface area contributed by atoms with E-state index in [1.807, 2.05) is 121 Å². The Bertz CT molecular complexity index is 1530. The molecule has 0 aliphatic carbocycles. The molecule has 0 amide bonds. The van der Waals surface area contributed by atoms with Gasteiger partial charge in [0.2, 0.25) is 0 Å². The summed E-state index contributed by atoms with van der Waals surface area (Å²) in [4.78, 5) is 0. The fourth-order valence-electron chi connectivity index (χ4n) is 6.07. The van der Waals surface area contributed by atoms with Gasteiger partial charge in [-0.15, -0.1) is 6.58 Å². The summed E-state index contributed by atoms with van der Waals surface area (Å²) in [6, 6.07) is 39.5. The van der Waals surface area contributed by atoms with Crippen molar-refractivity contribution in [2.24, 2.45) is 0 Å². The monoisotopic (exact) mass is 682 g/mol. The van der Waals surface area contributed by atoms with Crippen molar-refractivity contribution in [3.63, 3.8) is 0 Å². The maximum absolute atomic E-state index is 11.1. The Hall–Kier alpha value is -3.74. The molecular weight excluding hydrogens is 636 g/mol. The van der Waals surface area contributed by atoms with Crippen LogP contribution in [-0.2, 0) is 64.3 Å². The predicted molar refractivity (Wildman–Crippen MR) is 187 cm³/mol. The molecule has 2 aliphatic rings. The van der Waals surface area contributed by atoms with Gasteiger partial charge >= 0.3 is 0 Å². The van der Waals surface area contributed by atoms with Crippen LogP contribution in [0.3, 0.4) is 0 Å². The van der Waals surface area contributed by atoms with E-state index in [2.05, 4.69) is 6.58 Å². The first kappa shape index (κ1) is 36.1. The predicted octanol–water partition coefficient (Wildman–Crippen LogP) is 5.99. The summed E-state index contributed by atoms with van der Waals surface area (Å²) < 4.78 is 51.0. The van der Waals surface area contributed by atoms with Crippen molar-refractivity contribution in [2.75, 3.05) is 19.8 Å². The molecule has 9 nitrogen and oxygen atoms in total. The molecule has 0 unspecified atom stereocenters. The fourth-order valence-corrected chi connectivity index (χ4v) is 6.07. The van der Waals surface area contributed by atoms with Gasteiger partial charge in [-0.2, -0.15) is 0 Å². The van der Waals surface area contributed by atoms with Gasteiger partial charge in [0.15, 0.2) is 12.6 Å². The van der Waals surface area contributed by atoms with Gasteiger partial charge in [0.1, 0.15) is 36.6 Å². The topological polar surface area (TPSA) is 94.1 Å². The molecule has 2 aliphatic heterocycles. The second kappa shape index (κ2) is 19.0. The molecule has 0 radical (unpaired) electrons. The first-order chi connectivity index (χ1) is 24.7. The second-order valence-corrected chi connectivity index (χ2v) is 12.3. The summed E-state index contributed by atoms with van der Waals surface area (Å²) >= 11 is 0. The van der Waals surface area contributed by atoms with Crippen LogP contribution in [0.2, 0.25) is 0 Å². The minimum atomic E-state index is -1.26. The van der Waals surface area contributed by atoms with Gasteiger partial charge < -0.3 is 43.0 Å². The molecule has 2 saturated heterocycles. The highest BCUT2D eigenvalue weighted by molar-refractivity contribution is 5.16. The Labute approximate surface area is 294 Å². The van der Waals surface area contributed by atoms with Crippen LogP contribution in [0, 0.1) is 0 Å². The number of benzene rings is 4. The standard InChI is InChI=1S/C41H46O9/c1-2-23-44-36-35(28-43-24-30-15-7-3-8-16-30)49-41(39(36)47-27-33-21-13-6-14-22-33)50-37-34(45-25-31-17-9-4-10-18-31)29-48-40(42)38(37)46-26-32-19-11-5-12-20-32/h2-22,34-42H,1,23-29H2/t34-,35+,36+,37+,38-,39-,40-,41-/m1/s1. The maximum Gasteiger partial charge on any atom is 0.187 e.